The number of rotatable bonds is 49. The molecule has 0 aromatic heterocycles. The normalized spacial score (nSPS) is 14.6. The third kappa shape index (κ3) is 52.0. The maximum atomic E-state index is 12.7. The Bertz CT molecular complexity index is 1560. The minimum Gasteiger partial charge on any atom is -0.480 e. The monoisotopic (exact) mass is 982 g/mol. The van der Waals surface area contributed by atoms with Crippen molar-refractivity contribution < 1.29 is 42.7 Å². The second-order valence-electron chi connectivity index (χ2n) is 17.3. The van der Waals surface area contributed by atoms with Crippen molar-refractivity contribution in [3.05, 3.63) is 122 Å². The average molecular weight is 982 g/mol. The van der Waals surface area contributed by atoms with Gasteiger partial charge in [0.15, 0.2) is 0 Å². The number of ether oxygens (including phenoxy) is 2. The lowest BCUT2D eigenvalue weighted by Crippen LogP contribution is -2.34. The van der Waals surface area contributed by atoms with E-state index in [9.17, 15) is 19.0 Å². The first-order chi connectivity index (χ1) is 33.7. The highest BCUT2D eigenvalue weighted by Gasteiger charge is 2.27. The van der Waals surface area contributed by atoms with Crippen molar-refractivity contribution in [1.82, 2.24) is 0 Å². The predicted octanol–water partition coefficient (Wildman–Crippen LogP) is 16.0. The van der Waals surface area contributed by atoms with Crippen LogP contribution in [-0.4, -0.2) is 60.5 Å². The van der Waals surface area contributed by atoms with Crippen LogP contribution in [0.25, 0.3) is 0 Å². The highest BCUT2D eigenvalue weighted by atomic mass is 31.2. The van der Waals surface area contributed by atoms with Crippen molar-refractivity contribution in [3.63, 3.8) is 0 Å². The van der Waals surface area contributed by atoms with E-state index >= 15 is 0 Å². The van der Waals surface area contributed by atoms with Crippen LogP contribution in [0.2, 0.25) is 0 Å². The van der Waals surface area contributed by atoms with Crippen molar-refractivity contribution in [1.29, 1.82) is 0 Å². The first-order valence-electron chi connectivity index (χ1n) is 26.6. The van der Waals surface area contributed by atoms with Crippen molar-refractivity contribution >= 4 is 19.8 Å². The zero-order valence-electron chi connectivity index (χ0n) is 43.1. The highest BCUT2D eigenvalue weighted by molar-refractivity contribution is 7.47. The summed E-state index contributed by atoms with van der Waals surface area (Å²) in [6.07, 6.45) is 72.6. The Morgan fingerprint density at radius 2 is 0.841 bits per heavy atom. The Kier molecular flexibility index (Phi) is 49.5. The molecule has 0 aliphatic rings. The molecule has 0 aromatic carbocycles. The van der Waals surface area contributed by atoms with Crippen LogP contribution in [0.15, 0.2) is 122 Å². The quantitative estimate of drug-likeness (QED) is 0.0232. The average Bonchev–Trinajstić information content (AvgIpc) is 3.33. The second kappa shape index (κ2) is 52.2. The van der Waals surface area contributed by atoms with Gasteiger partial charge in [0, 0.05) is 13.0 Å². The molecule has 0 radical (unpaired) electrons. The zero-order chi connectivity index (χ0) is 50.4. The molecular formula is C58H96NO9P. The van der Waals surface area contributed by atoms with Gasteiger partial charge in [0.05, 0.1) is 19.8 Å². The summed E-state index contributed by atoms with van der Waals surface area (Å²) < 4.78 is 33.5. The molecule has 0 aromatic rings. The van der Waals surface area contributed by atoms with Gasteiger partial charge in [-0.15, -0.1) is 0 Å². The number of hydrogen-bond donors (Lipinski definition) is 3. The van der Waals surface area contributed by atoms with E-state index in [0.717, 1.165) is 103 Å². The molecule has 0 saturated carbocycles. The molecule has 0 saturated heterocycles. The predicted molar refractivity (Wildman–Crippen MR) is 290 cm³/mol. The van der Waals surface area contributed by atoms with Crippen LogP contribution in [0.3, 0.4) is 0 Å². The number of aliphatic carboxylic acids is 1. The number of allylic oxidation sites excluding steroid dienone is 20. The van der Waals surface area contributed by atoms with Crippen LogP contribution in [0.4, 0.5) is 0 Å². The Morgan fingerprint density at radius 3 is 1.26 bits per heavy atom. The molecule has 11 heteroatoms. The van der Waals surface area contributed by atoms with Gasteiger partial charge in [0.25, 0.3) is 0 Å². The lowest BCUT2D eigenvalue weighted by atomic mass is 10.1. The molecule has 10 nitrogen and oxygen atoms in total. The summed E-state index contributed by atoms with van der Waals surface area (Å²) in [5, 5.41) is 8.94. The molecule has 0 rings (SSSR count). The van der Waals surface area contributed by atoms with Gasteiger partial charge in [-0.1, -0.05) is 200 Å². The smallest absolute Gasteiger partial charge is 0.472 e. The van der Waals surface area contributed by atoms with Crippen LogP contribution < -0.4 is 5.73 Å². The Hall–Kier alpha value is -3.63. The van der Waals surface area contributed by atoms with E-state index in [1.165, 1.54) is 64.2 Å². The first-order valence-corrected chi connectivity index (χ1v) is 28.1. The van der Waals surface area contributed by atoms with Crippen molar-refractivity contribution in [2.45, 2.75) is 206 Å². The first kappa shape index (κ1) is 65.4. The van der Waals surface area contributed by atoms with Gasteiger partial charge in [0.2, 0.25) is 0 Å². The van der Waals surface area contributed by atoms with Gasteiger partial charge in [0.1, 0.15) is 12.1 Å². The van der Waals surface area contributed by atoms with E-state index in [2.05, 4.69) is 135 Å². The third-order valence-electron chi connectivity index (χ3n) is 10.7. The molecule has 0 spiro atoms. The SMILES string of the molecule is CC/C=C\C/C=C\C/C=C\C/C=C\C/C=C\C/C=C\C/C=C\CCCCOCC(COP(=O)(O)OCC(N)C(=O)O)OC(=O)CCCCCCCCCC/C=C\C/C=C\C/C=C\CCCCCCC. The zero-order valence-corrected chi connectivity index (χ0v) is 44.0. The van der Waals surface area contributed by atoms with Gasteiger partial charge in [-0.3, -0.25) is 18.6 Å². The highest BCUT2D eigenvalue weighted by Crippen LogP contribution is 2.43. The fourth-order valence-electron chi connectivity index (χ4n) is 6.65. The van der Waals surface area contributed by atoms with Crippen LogP contribution in [-0.2, 0) is 32.7 Å². The molecule has 0 aliphatic carbocycles. The fraction of sp³-hybridized carbons (Fsp3) is 0.621. The van der Waals surface area contributed by atoms with Gasteiger partial charge in [-0.25, -0.2) is 4.57 Å². The Morgan fingerprint density at radius 1 is 0.478 bits per heavy atom. The molecule has 4 N–H and O–H groups in total. The van der Waals surface area contributed by atoms with E-state index in [1.54, 1.807) is 0 Å². The van der Waals surface area contributed by atoms with Crippen LogP contribution >= 0.6 is 7.82 Å². The minimum absolute atomic E-state index is 0.0248. The summed E-state index contributed by atoms with van der Waals surface area (Å²) >= 11 is 0. The number of phosphoric ester groups is 1. The van der Waals surface area contributed by atoms with E-state index in [1.807, 2.05) is 0 Å². The molecule has 0 aliphatic heterocycles. The number of carboxylic acid groups (broad SMARTS) is 1. The maximum Gasteiger partial charge on any atom is 0.472 e. The second-order valence-corrected chi connectivity index (χ2v) is 18.7. The number of hydrogen-bond acceptors (Lipinski definition) is 8. The summed E-state index contributed by atoms with van der Waals surface area (Å²) in [6.45, 7) is 3.63. The van der Waals surface area contributed by atoms with E-state index in [-0.39, 0.29) is 13.0 Å². The number of unbranched alkanes of at least 4 members (excludes halogenated alkanes) is 15. The van der Waals surface area contributed by atoms with Crippen LogP contribution in [0.1, 0.15) is 194 Å². The molecule has 0 amide bonds. The van der Waals surface area contributed by atoms with Gasteiger partial charge in [-0.05, 0) is 109 Å². The number of carbonyl (C=O) groups excluding carboxylic acids is 1. The Labute approximate surface area is 420 Å². The van der Waals surface area contributed by atoms with Crippen LogP contribution in [0.5, 0.6) is 0 Å². The largest absolute Gasteiger partial charge is 0.480 e. The summed E-state index contributed by atoms with van der Waals surface area (Å²) in [4.78, 5) is 33.7. The summed E-state index contributed by atoms with van der Waals surface area (Å²) in [7, 11) is -4.65. The molecule has 69 heavy (non-hydrogen) atoms. The number of phosphoric acid groups is 1. The fourth-order valence-corrected chi connectivity index (χ4v) is 7.43. The van der Waals surface area contributed by atoms with E-state index in [4.69, 9.17) is 29.4 Å². The molecule has 392 valence electrons. The lowest BCUT2D eigenvalue weighted by molar-refractivity contribution is -0.154. The van der Waals surface area contributed by atoms with Crippen LogP contribution in [0, 0.1) is 0 Å². The third-order valence-corrected chi connectivity index (χ3v) is 11.7. The van der Waals surface area contributed by atoms with E-state index < -0.39 is 45.1 Å². The molecule has 0 heterocycles. The standard InChI is InChI=1S/C58H96NO9P/c1-3-5-7-9-11-13-15-17-19-21-23-25-27-29-31-33-35-37-39-41-43-45-47-49-51-65-52-55(53-66-69(63,64)67-54-56(59)58(61)62)68-57(60)50-48-46-44-42-40-38-36-34-32-30-28-26-24-22-20-18-16-14-12-10-8-6-4-2/h5,7,11,13,16-19,22-25,28-31,35,37,41,43,55-56H,3-4,6,8-10,12,14-15,20-21,26-27,32-34,36,38-40,42,44-54,59H2,1-2H3,(H,61,62)(H,63,64)/b7-5-,13-11-,18-16-,19-17-,24-22-,25-23-,30-28-,31-29-,37-35-,43-41-. The van der Waals surface area contributed by atoms with Gasteiger partial charge in [-0.2, -0.15) is 0 Å². The topological polar surface area (TPSA) is 155 Å². The number of esters is 1. The molecule has 0 fully saturated rings. The molecular weight excluding hydrogens is 886 g/mol. The summed E-state index contributed by atoms with van der Waals surface area (Å²) in [6, 6.07) is -1.49. The summed E-state index contributed by atoms with van der Waals surface area (Å²) in [5.41, 5.74) is 5.38. The minimum atomic E-state index is -4.65. The molecule has 0 bridgehead atoms. The van der Waals surface area contributed by atoms with E-state index in [0.29, 0.717) is 13.0 Å². The lowest BCUT2D eigenvalue weighted by Gasteiger charge is -2.20. The number of carbonyl (C=O) groups is 2. The maximum absolute atomic E-state index is 12.7. The number of carboxylic acids is 1. The Balaban J connectivity index is 4.28. The van der Waals surface area contributed by atoms with Crippen molar-refractivity contribution in [2.75, 3.05) is 26.4 Å². The van der Waals surface area contributed by atoms with Gasteiger partial charge < -0.3 is 25.2 Å². The molecule has 3 atom stereocenters. The number of nitrogens with two attached hydrogens (primary N) is 1. The van der Waals surface area contributed by atoms with Crippen molar-refractivity contribution in [3.8, 4) is 0 Å². The van der Waals surface area contributed by atoms with Gasteiger partial charge >= 0.3 is 19.8 Å². The van der Waals surface area contributed by atoms with Crippen molar-refractivity contribution in [2.24, 2.45) is 5.73 Å². The molecule has 3 unspecified atom stereocenters. The summed E-state index contributed by atoms with van der Waals surface area (Å²) in [5.74, 6) is -1.81.